The second kappa shape index (κ2) is 10.1. The molecule has 136 valence electrons. The van der Waals surface area contributed by atoms with Crippen molar-refractivity contribution in [2.24, 2.45) is 5.92 Å². The van der Waals surface area contributed by atoms with Gasteiger partial charge in [-0.25, -0.2) is 4.39 Å². The first-order valence-electron chi connectivity index (χ1n) is 8.28. The number of halogens is 3. The number of nitrogens with zero attached hydrogens (tertiary/aromatic N) is 1. The van der Waals surface area contributed by atoms with E-state index in [1.165, 1.54) is 6.07 Å². The lowest BCUT2D eigenvalue weighted by molar-refractivity contribution is -0.116. The average molecular weight is 378 g/mol. The molecule has 3 rings (SSSR count). The van der Waals surface area contributed by atoms with Crippen molar-refractivity contribution in [2.75, 3.05) is 36.4 Å². The van der Waals surface area contributed by atoms with E-state index in [-0.39, 0.29) is 36.5 Å². The maximum Gasteiger partial charge on any atom is 0.224 e. The van der Waals surface area contributed by atoms with Crippen LogP contribution in [0.25, 0.3) is 0 Å². The highest BCUT2D eigenvalue weighted by Gasteiger charge is 2.20. The number of para-hydroxylation sites is 1. The minimum Gasteiger partial charge on any atom is -0.370 e. The van der Waals surface area contributed by atoms with Gasteiger partial charge < -0.3 is 15.5 Å². The molecule has 0 aliphatic carbocycles. The summed E-state index contributed by atoms with van der Waals surface area (Å²) in [7, 11) is 0. The Morgan fingerprint density at radius 1 is 1.29 bits per heavy atom. The monoisotopic (exact) mass is 377 g/mol. The SMILES string of the molecule is Cl.Cl.O=C(CCC1CCNC1)Nc1c(F)cccc1N1CCCC1. The highest BCUT2D eigenvalue weighted by molar-refractivity contribution is 5.94. The van der Waals surface area contributed by atoms with Crippen LogP contribution in [0.5, 0.6) is 0 Å². The minimum atomic E-state index is -0.347. The van der Waals surface area contributed by atoms with Gasteiger partial charge in [0, 0.05) is 19.5 Å². The molecule has 0 aromatic heterocycles. The van der Waals surface area contributed by atoms with E-state index < -0.39 is 0 Å². The molecule has 1 aromatic carbocycles. The Bertz CT molecular complexity index is 533. The normalized spacial score (nSPS) is 19.5. The van der Waals surface area contributed by atoms with Crippen LogP contribution in [0.1, 0.15) is 32.1 Å². The number of rotatable bonds is 5. The van der Waals surface area contributed by atoms with Crippen LogP contribution in [-0.2, 0) is 4.79 Å². The number of hydrogen-bond donors (Lipinski definition) is 2. The zero-order valence-corrected chi connectivity index (χ0v) is 15.4. The summed E-state index contributed by atoms with van der Waals surface area (Å²) in [5.74, 6) is 0.141. The number of nitrogens with one attached hydrogen (secondary N) is 2. The van der Waals surface area contributed by atoms with Crippen molar-refractivity contribution in [1.82, 2.24) is 5.32 Å². The Morgan fingerprint density at radius 2 is 2.04 bits per heavy atom. The fraction of sp³-hybridized carbons (Fsp3) is 0.588. The van der Waals surface area contributed by atoms with Gasteiger partial charge in [-0.3, -0.25) is 4.79 Å². The highest BCUT2D eigenvalue weighted by Crippen LogP contribution is 2.31. The molecule has 24 heavy (non-hydrogen) atoms. The van der Waals surface area contributed by atoms with Gasteiger partial charge in [0.2, 0.25) is 5.91 Å². The van der Waals surface area contributed by atoms with Gasteiger partial charge in [-0.1, -0.05) is 6.07 Å². The summed E-state index contributed by atoms with van der Waals surface area (Å²) in [4.78, 5) is 14.3. The maximum atomic E-state index is 14.2. The van der Waals surface area contributed by atoms with E-state index in [9.17, 15) is 9.18 Å². The van der Waals surface area contributed by atoms with Crippen molar-refractivity contribution in [2.45, 2.75) is 32.1 Å². The molecule has 0 spiro atoms. The Balaban J connectivity index is 0.00000144. The summed E-state index contributed by atoms with van der Waals surface area (Å²) in [5, 5.41) is 6.11. The number of carbonyl (C=O) groups is 1. The van der Waals surface area contributed by atoms with Crippen LogP contribution >= 0.6 is 24.8 Å². The molecule has 1 unspecified atom stereocenters. The number of carbonyl (C=O) groups excluding carboxylic acids is 1. The van der Waals surface area contributed by atoms with E-state index in [1.807, 2.05) is 6.07 Å². The average Bonchev–Trinajstić information content (AvgIpc) is 3.20. The molecular weight excluding hydrogens is 352 g/mol. The fourth-order valence-electron chi connectivity index (χ4n) is 3.36. The van der Waals surface area contributed by atoms with Crippen LogP contribution in [0.15, 0.2) is 18.2 Å². The molecule has 2 heterocycles. The lowest BCUT2D eigenvalue weighted by Gasteiger charge is -2.22. The Morgan fingerprint density at radius 3 is 2.71 bits per heavy atom. The van der Waals surface area contributed by atoms with Gasteiger partial charge in [0.1, 0.15) is 11.5 Å². The van der Waals surface area contributed by atoms with Crippen molar-refractivity contribution in [1.29, 1.82) is 0 Å². The van der Waals surface area contributed by atoms with Gasteiger partial charge in [0.25, 0.3) is 0 Å². The predicted molar refractivity (Wildman–Crippen MR) is 101 cm³/mol. The van der Waals surface area contributed by atoms with Gasteiger partial charge in [0.05, 0.1) is 5.69 Å². The summed E-state index contributed by atoms with van der Waals surface area (Å²) in [6.07, 6.45) is 4.70. The van der Waals surface area contributed by atoms with Crippen LogP contribution in [0, 0.1) is 11.7 Å². The Labute approximate surface area is 155 Å². The Kier molecular flexibility index (Phi) is 8.81. The summed E-state index contributed by atoms with van der Waals surface area (Å²) in [5.41, 5.74) is 1.16. The second-order valence-electron chi connectivity index (χ2n) is 6.27. The first-order chi connectivity index (χ1) is 10.7. The third-order valence-corrected chi connectivity index (χ3v) is 4.64. The largest absolute Gasteiger partial charge is 0.370 e. The topological polar surface area (TPSA) is 44.4 Å². The molecule has 2 aliphatic rings. The van der Waals surface area contributed by atoms with Crippen LogP contribution in [0.2, 0.25) is 0 Å². The maximum absolute atomic E-state index is 14.2. The smallest absolute Gasteiger partial charge is 0.224 e. The van der Waals surface area contributed by atoms with Crippen LogP contribution in [0.3, 0.4) is 0 Å². The third kappa shape index (κ3) is 5.23. The van der Waals surface area contributed by atoms with Crippen molar-refractivity contribution in [3.05, 3.63) is 24.0 Å². The number of anilines is 2. The fourth-order valence-corrected chi connectivity index (χ4v) is 3.36. The zero-order chi connectivity index (χ0) is 15.4. The summed E-state index contributed by atoms with van der Waals surface area (Å²) >= 11 is 0. The Hall–Kier alpha value is -1.04. The molecule has 0 bridgehead atoms. The van der Waals surface area contributed by atoms with Gasteiger partial charge in [-0.15, -0.1) is 24.8 Å². The molecule has 2 N–H and O–H groups in total. The quantitative estimate of drug-likeness (QED) is 0.823. The lowest BCUT2D eigenvalue weighted by atomic mass is 10.0. The van der Waals surface area contributed by atoms with Gasteiger partial charge in [-0.05, 0) is 56.8 Å². The van der Waals surface area contributed by atoms with Gasteiger partial charge >= 0.3 is 0 Å². The van der Waals surface area contributed by atoms with Crippen molar-refractivity contribution >= 4 is 42.1 Å². The molecular formula is C17H26Cl2FN3O. The second-order valence-corrected chi connectivity index (χ2v) is 6.27. The van der Waals surface area contributed by atoms with Crippen LogP contribution in [-0.4, -0.2) is 32.1 Å². The van der Waals surface area contributed by atoms with E-state index in [2.05, 4.69) is 15.5 Å². The van der Waals surface area contributed by atoms with Crippen molar-refractivity contribution in [3.8, 4) is 0 Å². The van der Waals surface area contributed by atoms with Gasteiger partial charge in [-0.2, -0.15) is 0 Å². The molecule has 0 saturated carbocycles. The molecule has 1 aromatic rings. The van der Waals surface area contributed by atoms with E-state index in [1.54, 1.807) is 6.07 Å². The molecule has 0 radical (unpaired) electrons. The van der Waals surface area contributed by atoms with Crippen molar-refractivity contribution in [3.63, 3.8) is 0 Å². The molecule has 7 heteroatoms. The predicted octanol–water partition coefficient (Wildman–Crippen LogP) is 3.60. The highest BCUT2D eigenvalue weighted by atomic mass is 35.5. The van der Waals surface area contributed by atoms with E-state index in [0.717, 1.165) is 57.5 Å². The summed E-state index contributed by atoms with van der Waals surface area (Å²) < 4.78 is 14.2. The van der Waals surface area contributed by atoms with Crippen LogP contribution < -0.4 is 15.5 Å². The molecule has 2 aliphatic heterocycles. The molecule has 2 saturated heterocycles. The molecule has 4 nitrogen and oxygen atoms in total. The molecule has 1 atom stereocenters. The molecule has 2 fully saturated rings. The molecule has 1 amide bonds. The van der Waals surface area contributed by atoms with E-state index in [4.69, 9.17) is 0 Å². The van der Waals surface area contributed by atoms with E-state index in [0.29, 0.717) is 18.0 Å². The first kappa shape index (κ1) is 21.0. The van der Waals surface area contributed by atoms with Crippen LogP contribution in [0.4, 0.5) is 15.8 Å². The van der Waals surface area contributed by atoms with Gasteiger partial charge in [0.15, 0.2) is 0 Å². The summed E-state index contributed by atoms with van der Waals surface area (Å²) in [6.45, 7) is 3.89. The third-order valence-electron chi connectivity index (χ3n) is 4.64. The number of amides is 1. The summed E-state index contributed by atoms with van der Waals surface area (Å²) in [6, 6.07) is 5.02. The zero-order valence-electron chi connectivity index (χ0n) is 13.7. The minimum absolute atomic E-state index is 0. The number of hydrogen-bond acceptors (Lipinski definition) is 3. The lowest BCUT2D eigenvalue weighted by Crippen LogP contribution is -2.22. The number of benzene rings is 1. The first-order valence-corrected chi connectivity index (χ1v) is 8.28. The van der Waals surface area contributed by atoms with E-state index >= 15 is 0 Å². The van der Waals surface area contributed by atoms with Crippen molar-refractivity contribution < 1.29 is 9.18 Å². The standard InChI is InChI=1S/C17H24FN3O.2ClH/c18-14-4-3-5-15(21-10-1-2-11-21)17(14)20-16(22)7-6-13-8-9-19-12-13;;/h3-5,13,19H,1-2,6-12H2,(H,20,22);2*1H.